The number of hydrogen-bond acceptors (Lipinski definition) is 3. The van der Waals surface area contributed by atoms with E-state index in [1.54, 1.807) is 0 Å². The van der Waals surface area contributed by atoms with Gasteiger partial charge in [-0.3, -0.25) is 9.48 Å². The largest absolute Gasteiger partial charge is 0.462 e. The molecule has 0 aliphatic heterocycles. The number of esters is 1. The fourth-order valence-corrected chi connectivity index (χ4v) is 3.76. The molecule has 3 atom stereocenters. The van der Waals surface area contributed by atoms with Crippen molar-refractivity contribution in [2.45, 2.75) is 52.1 Å². The van der Waals surface area contributed by atoms with Crippen LogP contribution in [0.1, 0.15) is 42.6 Å². The van der Waals surface area contributed by atoms with Crippen LogP contribution < -0.4 is 0 Å². The Morgan fingerprint density at radius 1 is 1.37 bits per heavy atom. The van der Waals surface area contributed by atoms with Gasteiger partial charge in [-0.1, -0.05) is 0 Å². The first kappa shape index (κ1) is 12.7. The molecule has 0 saturated heterocycles. The Hall–Kier alpha value is -1.32. The van der Waals surface area contributed by atoms with E-state index in [4.69, 9.17) is 4.74 Å². The molecule has 4 heteroatoms. The molecule has 104 valence electrons. The predicted molar refractivity (Wildman–Crippen MR) is 71.7 cm³/mol. The molecule has 2 aliphatic rings. The van der Waals surface area contributed by atoms with E-state index >= 15 is 0 Å². The number of carbonyl (C=O) groups is 1. The molecule has 1 heterocycles. The van der Waals surface area contributed by atoms with Gasteiger partial charge in [0.15, 0.2) is 0 Å². The van der Waals surface area contributed by atoms with E-state index in [1.807, 2.05) is 25.6 Å². The van der Waals surface area contributed by atoms with E-state index in [1.165, 1.54) is 19.3 Å². The first-order chi connectivity index (χ1) is 9.04. The lowest BCUT2D eigenvalue weighted by atomic mass is 9.98. The standard InChI is InChI=1S/C15H22N2O2/c1-9-13(10(2)17(3)16-9)8-15(18)19-14-7-11-4-5-12(14)6-11/h11-12,14H,4-8H2,1-3H3. The number of aromatic nitrogens is 2. The van der Waals surface area contributed by atoms with Gasteiger partial charge >= 0.3 is 5.97 Å². The first-order valence-corrected chi connectivity index (χ1v) is 7.23. The lowest BCUT2D eigenvalue weighted by Gasteiger charge is -2.21. The summed E-state index contributed by atoms with van der Waals surface area (Å²) in [5.74, 6) is 1.35. The highest BCUT2D eigenvalue weighted by Crippen LogP contribution is 2.45. The Kier molecular flexibility index (Phi) is 3.11. The third kappa shape index (κ3) is 2.28. The summed E-state index contributed by atoms with van der Waals surface area (Å²) in [6.07, 6.45) is 5.47. The van der Waals surface area contributed by atoms with Crippen LogP contribution in [0.2, 0.25) is 0 Å². The number of fused-ring (bicyclic) bond motifs is 2. The molecular formula is C15H22N2O2. The van der Waals surface area contributed by atoms with Crippen LogP contribution in [0.3, 0.4) is 0 Å². The summed E-state index contributed by atoms with van der Waals surface area (Å²) in [5, 5.41) is 4.34. The van der Waals surface area contributed by atoms with E-state index < -0.39 is 0 Å². The number of hydrogen-bond donors (Lipinski definition) is 0. The molecule has 3 rings (SSSR count). The summed E-state index contributed by atoms with van der Waals surface area (Å²) in [4.78, 5) is 12.1. The summed E-state index contributed by atoms with van der Waals surface area (Å²) >= 11 is 0. The van der Waals surface area contributed by atoms with Crippen molar-refractivity contribution in [3.63, 3.8) is 0 Å². The Labute approximate surface area is 114 Å². The van der Waals surface area contributed by atoms with Crippen molar-refractivity contribution >= 4 is 5.97 Å². The van der Waals surface area contributed by atoms with Crippen LogP contribution in [-0.2, 0) is 23.0 Å². The highest BCUT2D eigenvalue weighted by molar-refractivity contribution is 5.73. The fraction of sp³-hybridized carbons (Fsp3) is 0.733. The monoisotopic (exact) mass is 262 g/mol. The Morgan fingerprint density at radius 3 is 2.68 bits per heavy atom. The summed E-state index contributed by atoms with van der Waals surface area (Å²) in [7, 11) is 1.91. The molecule has 0 spiro atoms. The second-order valence-corrected chi connectivity index (χ2v) is 6.15. The average Bonchev–Trinajstić information content (AvgIpc) is 3.01. The van der Waals surface area contributed by atoms with Crippen LogP contribution in [0, 0.1) is 25.7 Å². The number of aryl methyl sites for hydroxylation is 2. The molecule has 3 unspecified atom stereocenters. The number of nitrogens with zero attached hydrogens (tertiary/aromatic N) is 2. The van der Waals surface area contributed by atoms with Gasteiger partial charge in [0, 0.05) is 18.3 Å². The molecule has 2 saturated carbocycles. The predicted octanol–water partition coefficient (Wildman–Crippen LogP) is 2.31. The Morgan fingerprint density at radius 2 is 2.16 bits per heavy atom. The van der Waals surface area contributed by atoms with Gasteiger partial charge in [-0.25, -0.2) is 0 Å². The van der Waals surface area contributed by atoms with E-state index in [-0.39, 0.29) is 12.1 Å². The molecule has 4 nitrogen and oxygen atoms in total. The van der Waals surface area contributed by atoms with Crippen molar-refractivity contribution in [3.05, 3.63) is 17.0 Å². The minimum absolute atomic E-state index is 0.0863. The summed E-state index contributed by atoms with van der Waals surface area (Å²) in [6.45, 7) is 3.95. The molecule has 2 aliphatic carbocycles. The lowest BCUT2D eigenvalue weighted by molar-refractivity contribution is -0.150. The molecule has 1 aromatic rings. The molecule has 1 aromatic heterocycles. The lowest BCUT2D eigenvalue weighted by Crippen LogP contribution is -2.25. The summed E-state index contributed by atoms with van der Waals surface area (Å²) < 4.78 is 7.52. The first-order valence-electron chi connectivity index (χ1n) is 7.23. The second-order valence-electron chi connectivity index (χ2n) is 6.15. The Bertz CT molecular complexity index is 506. The SMILES string of the molecule is Cc1nn(C)c(C)c1CC(=O)OC1CC2CCC1C2. The van der Waals surface area contributed by atoms with E-state index in [2.05, 4.69) is 5.10 Å². The molecular weight excluding hydrogens is 240 g/mol. The number of carbonyl (C=O) groups excluding carboxylic acids is 1. The number of rotatable bonds is 3. The van der Waals surface area contributed by atoms with Gasteiger partial charge in [-0.05, 0) is 51.4 Å². The minimum atomic E-state index is -0.0863. The third-order valence-electron chi connectivity index (χ3n) is 4.94. The Balaban J connectivity index is 1.62. The number of ether oxygens (including phenoxy) is 1. The molecule has 0 N–H and O–H groups in total. The maximum atomic E-state index is 12.1. The van der Waals surface area contributed by atoms with Gasteiger partial charge in [-0.15, -0.1) is 0 Å². The van der Waals surface area contributed by atoms with Gasteiger partial charge in [-0.2, -0.15) is 5.10 Å². The third-order valence-corrected chi connectivity index (χ3v) is 4.94. The van der Waals surface area contributed by atoms with Gasteiger partial charge in [0.2, 0.25) is 0 Å². The highest BCUT2D eigenvalue weighted by Gasteiger charge is 2.41. The molecule has 2 fully saturated rings. The normalized spacial score (nSPS) is 28.9. The van der Waals surface area contributed by atoms with Gasteiger partial charge < -0.3 is 4.74 Å². The van der Waals surface area contributed by atoms with Crippen molar-refractivity contribution in [2.75, 3.05) is 0 Å². The quantitative estimate of drug-likeness (QED) is 0.785. The van der Waals surface area contributed by atoms with E-state index in [9.17, 15) is 4.79 Å². The topological polar surface area (TPSA) is 44.1 Å². The second kappa shape index (κ2) is 4.66. The fourth-order valence-electron chi connectivity index (χ4n) is 3.76. The van der Waals surface area contributed by atoms with Crippen LogP contribution in [0.4, 0.5) is 0 Å². The van der Waals surface area contributed by atoms with Gasteiger partial charge in [0.1, 0.15) is 6.10 Å². The van der Waals surface area contributed by atoms with Gasteiger partial charge in [0.05, 0.1) is 12.1 Å². The smallest absolute Gasteiger partial charge is 0.310 e. The summed E-state index contributed by atoms with van der Waals surface area (Å²) in [6, 6.07) is 0. The summed E-state index contributed by atoms with van der Waals surface area (Å²) in [5.41, 5.74) is 3.02. The average molecular weight is 262 g/mol. The van der Waals surface area contributed by atoms with Crippen molar-refractivity contribution in [1.82, 2.24) is 9.78 Å². The van der Waals surface area contributed by atoms with Crippen LogP contribution >= 0.6 is 0 Å². The molecule has 2 bridgehead atoms. The van der Waals surface area contributed by atoms with Gasteiger partial charge in [0.25, 0.3) is 0 Å². The maximum absolute atomic E-state index is 12.1. The molecule has 0 aromatic carbocycles. The zero-order valence-corrected chi connectivity index (χ0v) is 12.0. The van der Waals surface area contributed by atoms with E-state index in [0.29, 0.717) is 12.3 Å². The zero-order valence-electron chi connectivity index (χ0n) is 12.0. The van der Waals surface area contributed by atoms with Crippen molar-refractivity contribution < 1.29 is 9.53 Å². The van der Waals surface area contributed by atoms with E-state index in [0.717, 1.165) is 29.3 Å². The van der Waals surface area contributed by atoms with Crippen molar-refractivity contribution in [2.24, 2.45) is 18.9 Å². The minimum Gasteiger partial charge on any atom is -0.462 e. The molecule has 19 heavy (non-hydrogen) atoms. The van der Waals surface area contributed by atoms with Crippen molar-refractivity contribution in [1.29, 1.82) is 0 Å². The molecule has 0 amide bonds. The van der Waals surface area contributed by atoms with Crippen molar-refractivity contribution in [3.8, 4) is 0 Å². The maximum Gasteiger partial charge on any atom is 0.310 e. The van der Waals surface area contributed by atoms with Crippen LogP contribution in [-0.4, -0.2) is 21.9 Å². The molecule has 0 radical (unpaired) electrons. The highest BCUT2D eigenvalue weighted by atomic mass is 16.5. The van der Waals surface area contributed by atoms with Crippen LogP contribution in [0.5, 0.6) is 0 Å². The van der Waals surface area contributed by atoms with Crippen LogP contribution in [0.15, 0.2) is 0 Å². The zero-order chi connectivity index (χ0) is 13.6. The van der Waals surface area contributed by atoms with Crippen LogP contribution in [0.25, 0.3) is 0 Å².